The van der Waals surface area contributed by atoms with Gasteiger partial charge in [0.05, 0.1) is 24.8 Å². The first-order valence-electron chi connectivity index (χ1n) is 9.23. The van der Waals surface area contributed by atoms with Gasteiger partial charge in [0.25, 0.3) is 5.56 Å². The molecule has 0 aliphatic heterocycles. The van der Waals surface area contributed by atoms with Crippen molar-refractivity contribution in [1.82, 2.24) is 19.7 Å². The van der Waals surface area contributed by atoms with Crippen LogP contribution >= 0.6 is 0 Å². The summed E-state index contributed by atoms with van der Waals surface area (Å²) < 4.78 is 6.84. The van der Waals surface area contributed by atoms with Crippen molar-refractivity contribution in [2.24, 2.45) is 0 Å². The average Bonchev–Trinajstić information content (AvgIpc) is 2.75. The minimum Gasteiger partial charge on any atom is -0.493 e. The topological polar surface area (TPSA) is 101 Å². The molecule has 0 amide bonds. The van der Waals surface area contributed by atoms with E-state index in [1.807, 2.05) is 30.3 Å². The van der Waals surface area contributed by atoms with E-state index in [1.165, 1.54) is 4.40 Å². The van der Waals surface area contributed by atoms with Crippen LogP contribution < -0.4 is 20.9 Å². The van der Waals surface area contributed by atoms with Crippen molar-refractivity contribution in [2.75, 3.05) is 25.6 Å². The fourth-order valence-electron chi connectivity index (χ4n) is 3.18. The molecule has 4 rings (SSSR count). The third-order valence-corrected chi connectivity index (χ3v) is 4.59. The number of methoxy groups -OCH3 is 1. The van der Waals surface area contributed by atoms with Crippen molar-refractivity contribution in [3.63, 3.8) is 0 Å². The minimum absolute atomic E-state index is 0.0173. The lowest BCUT2D eigenvalue weighted by Crippen LogP contribution is -2.28. The number of aromatic nitrogens is 3. The van der Waals surface area contributed by atoms with Crippen LogP contribution in [0.4, 0.5) is 11.5 Å². The smallest absolute Gasteiger partial charge is 0.264 e. The van der Waals surface area contributed by atoms with E-state index < -0.39 is 0 Å². The van der Waals surface area contributed by atoms with Gasteiger partial charge in [0.2, 0.25) is 0 Å². The second kappa shape index (κ2) is 8.26. The van der Waals surface area contributed by atoms with Gasteiger partial charge in [0.1, 0.15) is 5.82 Å². The summed E-state index contributed by atoms with van der Waals surface area (Å²) in [5.74, 6) is 0.943. The molecule has 148 valence electrons. The van der Waals surface area contributed by atoms with Gasteiger partial charge >= 0.3 is 0 Å². The fraction of sp³-hybridized carbons (Fsp3) is 0.190. The first kappa shape index (κ1) is 18.9. The number of hydrogen-bond acceptors (Lipinski definition) is 7. The van der Waals surface area contributed by atoms with Crippen molar-refractivity contribution >= 4 is 28.1 Å². The number of hydrogen-bond donors (Lipinski definition) is 3. The highest BCUT2D eigenvalue weighted by Crippen LogP contribution is 2.24. The minimum atomic E-state index is -0.204. The summed E-state index contributed by atoms with van der Waals surface area (Å²) in [5, 5.41) is 16.4. The average molecular weight is 391 g/mol. The summed E-state index contributed by atoms with van der Waals surface area (Å²) in [6.45, 7) is 0.627. The van der Waals surface area contributed by atoms with E-state index in [-0.39, 0.29) is 18.7 Å². The van der Waals surface area contributed by atoms with Gasteiger partial charge in [-0.15, -0.1) is 0 Å². The molecule has 0 atom stereocenters. The summed E-state index contributed by atoms with van der Waals surface area (Å²) >= 11 is 0. The Morgan fingerprint density at radius 2 is 2.10 bits per heavy atom. The molecule has 0 radical (unpaired) electrons. The zero-order valence-electron chi connectivity index (χ0n) is 15.9. The van der Waals surface area contributed by atoms with Crippen LogP contribution in [0.5, 0.6) is 5.75 Å². The van der Waals surface area contributed by atoms with Gasteiger partial charge in [-0.05, 0) is 36.4 Å². The number of rotatable bonds is 7. The maximum absolute atomic E-state index is 13.1. The molecule has 8 nitrogen and oxygen atoms in total. The van der Waals surface area contributed by atoms with Crippen LogP contribution in [-0.2, 0) is 6.54 Å². The van der Waals surface area contributed by atoms with E-state index in [0.29, 0.717) is 29.3 Å². The number of nitrogens with one attached hydrogen (secondary N) is 2. The van der Waals surface area contributed by atoms with Gasteiger partial charge in [0.15, 0.2) is 11.4 Å². The molecule has 1 aromatic carbocycles. The Bertz CT molecular complexity index is 1220. The van der Waals surface area contributed by atoms with Crippen molar-refractivity contribution in [3.05, 3.63) is 70.8 Å². The number of aliphatic hydroxyl groups excluding tert-OH is 1. The van der Waals surface area contributed by atoms with Crippen LogP contribution in [0.25, 0.3) is 16.6 Å². The Balaban J connectivity index is 1.83. The molecule has 0 saturated carbocycles. The first-order valence-corrected chi connectivity index (χ1v) is 9.23. The number of nitrogens with zero attached hydrogens (tertiary/aromatic N) is 3. The Hall–Kier alpha value is -3.49. The molecule has 0 fully saturated rings. The van der Waals surface area contributed by atoms with Crippen molar-refractivity contribution in [3.8, 4) is 5.75 Å². The highest BCUT2D eigenvalue weighted by Gasteiger charge is 2.15. The predicted octanol–water partition coefficient (Wildman–Crippen LogP) is 2.08. The van der Waals surface area contributed by atoms with Gasteiger partial charge < -0.3 is 20.5 Å². The molecule has 8 heteroatoms. The van der Waals surface area contributed by atoms with E-state index in [2.05, 4.69) is 20.6 Å². The Morgan fingerprint density at radius 3 is 2.93 bits per heavy atom. The van der Waals surface area contributed by atoms with Gasteiger partial charge in [-0.25, -0.2) is 4.98 Å². The number of benzene rings is 1. The molecule has 0 spiro atoms. The van der Waals surface area contributed by atoms with Crippen LogP contribution in [0, 0.1) is 0 Å². The maximum Gasteiger partial charge on any atom is 0.264 e. The summed E-state index contributed by atoms with van der Waals surface area (Å²) in [6, 6.07) is 13.1. The van der Waals surface area contributed by atoms with Crippen LogP contribution in [0.1, 0.15) is 5.56 Å². The van der Waals surface area contributed by atoms with Crippen molar-refractivity contribution in [2.45, 2.75) is 6.54 Å². The standard InChI is InChI=1S/C21H21N5O3/c1-29-18-5-3-10-26-20(18)25-19(16(21(26)28)13-22-9-11-27)24-15-6-7-17-14(12-15)4-2-8-23-17/h2-8,10,12,22,24,27H,9,11,13H2,1H3. The summed E-state index contributed by atoms with van der Waals surface area (Å²) in [4.78, 5) is 22.1. The molecule has 0 aliphatic rings. The third kappa shape index (κ3) is 3.75. The molecule has 0 unspecified atom stereocenters. The molecule has 0 aliphatic carbocycles. The number of anilines is 2. The van der Waals surface area contributed by atoms with Crippen molar-refractivity contribution < 1.29 is 9.84 Å². The summed E-state index contributed by atoms with van der Waals surface area (Å²) in [5.41, 5.74) is 2.37. The predicted molar refractivity (Wildman–Crippen MR) is 112 cm³/mol. The molecule has 3 heterocycles. The van der Waals surface area contributed by atoms with Gasteiger partial charge in [-0.2, -0.15) is 0 Å². The van der Waals surface area contributed by atoms with Crippen molar-refractivity contribution in [1.29, 1.82) is 0 Å². The fourth-order valence-corrected chi connectivity index (χ4v) is 3.18. The zero-order valence-corrected chi connectivity index (χ0v) is 15.9. The van der Waals surface area contributed by atoms with Gasteiger partial charge in [-0.3, -0.25) is 14.2 Å². The molecule has 3 aromatic heterocycles. The highest BCUT2D eigenvalue weighted by molar-refractivity contribution is 5.83. The summed E-state index contributed by atoms with van der Waals surface area (Å²) in [6.07, 6.45) is 3.41. The SMILES string of the molecule is COc1cccn2c(=O)c(CNCCO)c(Nc3ccc4ncccc4c3)nc12. The first-order chi connectivity index (χ1) is 14.2. The lowest BCUT2D eigenvalue weighted by molar-refractivity contribution is 0.292. The Morgan fingerprint density at radius 1 is 1.21 bits per heavy atom. The van der Waals surface area contributed by atoms with Crippen LogP contribution in [0.3, 0.4) is 0 Å². The molecule has 0 bridgehead atoms. The number of aliphatic hydroxyl groups is 1. The maximum atomic E-state index is 13.1. The molecule has 0 saturated heterocycles. The number of fused-ring (bicyclic) bond motifs is 2. The Kier molecular flexibility index (Phi) is 5.37. The quantitative estimate of drug-likeness (QED) is 0.415. The van der Waals surface area contributed by atoms with E-state index in [0.717, 1.165) is 16.6 Å². The van der Waals surface area contributed by atoms with Gasteiger partial charge in [-0.1, -0.05) is 6.07 Å². The molecular weight excluding hydrogens is 370 g/mol. The van der Waals surface area contributed by atoms with E-state index >= 15 is 0 Å². The monoisotopic (exact) mass is 391 g/mol. The second-order valence-corrected chi connectivity index (χ2v) is 6.45. The number of pyridine rings is 2. The highest BCUT2D eigenvalue weighted by atomic mass is 16.5. The molecule has 4 aromatic rings. The largest absolute Gasteiger partial charge is 0.493 e. The third-order valence-electron chi connectivity index (χ3n) is 4.59. The zero-order chi connectivity index (χ0) is 20.2. The van der Waals surface area contributed by atoms with E-state index in [9.17, 15) is 4.79 Å². The Labute approximate surface area is 166 Å². The lowest BCUT2D eigenvalue weighted by Gasteiger charge is -2.15. The van der Waals surface area contributed by atoms with Crippen LogP contribution in [0.15, 0.2) is 59.7 Å². The second-order valence-electron chi connectivity index (χ2n) is 6.45. The van der Waals surface area contributed by atoms with E-state index in [1.54, 1.807) is 31.6 Å². The van der Waals surface area contributed by atoms with E-state index in [4.69, 9.17) is 9.84 Å². The molecule has 3 N–H and O–H groups in total. The lowest BCUT2D eigenvalue weighted by atomic mass is 10.2. The molecule has 29 heavy (non-hydrogen) atoms. The number of ether oxygens (including phenoxy) is 1. The van der Waals surface area contributed by atoms with Crippen LogP contribution in [0.2, 0.25) is 0 Å². The molecular formula is C21H21N5O3. The van der Waals surface area contributed by atoms with Crippen LogP contribution in [-0.4, -0.2) is 39.7 Å². The normalized spacial score (nSPS) is 11.1. The van der Waals surface area contributed by atoms with Gasteiger partial charge in [0, 0.05) is 36.6 Å². The summed E-state index contributed by atoms with van der Waals surface area (Å²) in [7, 11) is 1.54.